The van der Waals surface area contributed by atoms with Gasteiger partial charge in [0.2, 0.25) is 0 Å². The van der Waals surface area contributed by atoms with Crippen molar-refractivity contribution in [1.82, 2.24) is 4.90 Å². The summed E-state index contributed by atoms with van der Waals surface area (Å²) in [6, 6.07) is 0. The number of nitrogens with zero attached hydrogens (tertiary/aromatic N) is 1. The number of carbonyl (C=O) groups is 1. The van der Waals surface area contributed by atoms with E-state index in [4.69, 9.17) is 0 Å². The molecule has 80 valence electrons. The maximum absolute atomic E-state index is 11.7. The Labute approximate surface area is 87.0 Å². The van der Waals surface area contributed by atoms with Gasteiger partial charge in [-0.2, -0.15) is 0 Å². The molecule has 0 N–H and O–H groups in total. The third-order valence-electron chi connectivity index (χ3n) is 2.66. The average Bonchev–Trinajstić information content (AvgIpc) is 2.18. The minimum Gasteiger partial charge on any atom is -0.309 e. The zero-order valence-corrected chi connectivity index (χ0v) is 9.38. The first kappa shape index (κ1) is 11.4. The first-order chi connectivity index (χ1) is 6.70. The Morgan fingerprint density at radius 2 is 2.21 bits per heavy atom. The van der Waals surface area contributed by atoms with Gasteiger partial charge in [0.1, 0.15) is 0 Å². The van der Waals surface area contributed by atoms with E-state index in [1.165, 1.54) is 12.8 Å². The fourth-order valence-corrected chi connectivity index (χ4v) is 1.81. The van der Waals surface area contributed by atoms with Gasteiger partial charge in [0.05, 0.1) is 0 Å². The molecule has 2 nitrogen and oxygen atoms in total. The van der Waals surface area contributed by atoms with Crippen LogP contribution < -0.4 is 0 Å². The Morgan fingerprint density at radius 3 is 2.79 bits per heavy atom. The molecule has 0 saturated carbocycles. The predicted octanol–water partition coefficient (Wildman–Crippen LogP) is 2.40. The van der Waals surface area contributed by atoms with Crippen molar-refractivity contribution in [3.05, 3.63) is 11.6 Å². The molecule has 1 rings (SSSR count). The Hall–Kier alpha value is -0.630. The maximum Gasteiger partial charge on any atom is 0.158 e. The van der Waals surface area contributed by atoms with Crippen molar-refractivity contribution < 1.29 is 4.79 Å². The number of hydrogen-bond acceptors (Lipinski definition) is 2. The fourth-order valence-electron chi connectivity index (χ4n) is 1.81. The molecule has 1 aliphatic rings. The highest BCUT2D eigenvalue weighted by Crippen LogP contribution is 2.19. The first-order valence-corrected chi connectivity index (χ1v) is 5.57. The van der Waals surface area contributed by atoms with E-state index in [0.29, 0.717) is 5.78 Å². The van der Waals surface area contributed by atoms with E-state index in [-0.39, 0.29) is 0 Å². The molecule has 0 fully saturated rings. The highest BCUT2D eigenvalue weighted by atomic mass is 16.1. The van der Waals surface area contributed by atoms with Crippen LogP contribution in [0.1, 0.15) is 38.5 Å². The molecule has 0 saturated heterocycles. The lowest BCUT2D eigenvalue weighted by molar-refractivity contribution is -0.115. The summed E-state index contributed by atoms with van der Waals surface area (Å²) in [5, 5.41) is 0. The summed E-state index contributed by atoms with van der Waals surface area (Å²) < 4.78 is 0. The largest absolute Gasteiger partial charge is 0.309 e. The van der Waals surface area contributed by atoms with E-state index in [1.807, 2.05) is 14.1 Å². The lowest BCUT2D eigenvalue weighted by Crippen LogP contribution is -2.15. The molecule has 0 amide bonds. The van der Waals surface area contributed by atoms with Gasteiger partial charge >= 0.3 is 0 Å². The molecule has 0 unspecified atom stereocenters. The summed E-state index contributed by atoms with van der Waals surface area (Å²) in [5.74, 6) is 0.381. The standard InChI is InChI=1S/C12H21NO/c1-13(2)10-6-9-12(14)11-7-4-3-5-8-11/h7H,3-6,8-10H2,1-2H3. The number of hydrogen-bond donors (Lipinski definition) is 0. The van der Waals surface area contributed by atoms with Crippen LogP contribution in [-0.2, 0) is 4.79 Å². The third-order valence-corrected chi connectivity index (χ3v) is 2.66. The normalized spacial score (nSPS) is 16.9. The van der Waals surface area contributed by atoms with Gasteiger partial charge < -0.3 is 4.90 Å². The van der Waals surface area contributed by atoms with Gasteiger partial charge in [0, 0.05) is 6.42 Å². The van der Waals surface area contributed by atoms with Crippen LogP contribution >= 0.6 is 0 Å². The van der Waals surface area contributed by atoms with E-state index in [2.05, 4.69) is 11.0 Å². The molecule has 0 aromatic carbocycles. The lowest BCUT2D eigenvalue weighted by atomic mass is 9.94. The van der Waals surface area contributed by atoms with Crippen molar-refractivity contribution in [2.75, 3.05) is 20.6 Å². The van der Waals surface area contributed by atoms with E-state index < -0.39 is 0 Å². The van der Waals surface area contributed by atoms with Crippen LogP contribution in [0.3, 0.4) is 0 Å². The summed E-state index contributed by atoms with van der Waals surface area (Å²) in [5.41, 5.74) is 1.09. The second-order valence-corrected chi connectivity index (χ2v) is 4.31. The molecule has 0 radical (unpaired) electrons. The van der Waals surface area contributed by atoms with Crippen LogP contribution in [0.15, 0.2) is 11.6 Å². The molecule has 14 heavy (non-hydrogen) atoms. The molecule has 0 atom stereocenters. The van der Waals surface area contributed by atoms with Crippen molar-refractivity contribution in [1.29, 1.82) is 0 Å². The highest BCUT2D eigenvalue weighted by molar-refractivity contribution is 5.95. The van der Waals surface area contributed by atoms with Crippen molar-refractivity contribution in [2.45, 2.75) is 38.5 Å². The molecule has 0 aromatic rings. The quantitative estimate of drug-likeness (QED) is 0.671. The number of carbonyl (C=O) groups excluding carboxylic acids is 1. The van der Waals surface area contributed by atoms with Crippen molar-refractivity contribution >= 4 is 5.78 Å². The number of ketones is 1. The first-order valence-electron chi connectivity index (χ1n) is 5.57. The van der Waals surface area contributed by atoms with Crippen LogP contribution in [-0.4, -0.2) is 31.3 Å². The summed E-state index contributed by atoms with van der Waals surface area (Å²) in [4.78, 5) is 13.8. The maximum atomic E-state index is 11.7. The molecular formula is C12H21NO. The Morgan fingerprint density at radius 1 is 1.43 bits per heavy atom. The molecule has 1 aliphatic carbocycles. The van der Waals surface area contributed by atoms with Gasteiger partial charge in [-0.25, -0.2) is 0 Å². The van der Waals surface area contributed by atoms with Crippen molar-refractivity contribution in [3.63, 3.8) is 0 Å². The number of allylic oxidation sites excluding steroid dienone is 2. The van der Waals surface area contributed by atoms with E-state index in [9.17, 15) is 4.79 Å². The summed E-state index contributed by atoms with van der Waals surface area (Å²) in [6.07, 6.45) is 8.43. The Bertz CT molecular complexity index is 218. The lowest BCUT2D eigenvalue weighted by Gasteiger charge is -2.12. The minimum absolute atomic E-state index is 0.381. The van der Waals surface area contributed by atoms with Crippen LogP contribution in [0.2, 0.25) is 0 Å². The monoisotopic (exact) mass is 195 g/mol. The van der Waals surface area contributed by atoms with E-state index in [1.54, 1.807) is 0 Å². The van der Waals surface area contributed by atoms with Gasteiger partial charge in [-0.15, -0.1) is 0 Å². The molecule has 0 bridgehead atoms. The fraction of sp³-hybridized carbons (Fsp3) is 0.750. The third kappa shape index (κ3) is 4.05. The second-order valence-electron chi connectivity index (χ2n) is 4.31. The zero-order valence-electron chi connectivity index (χ0n) is 9.38. The van der Waals surface area contributed by atoms with Crippen LogP contribution in [0.25, 0.3) is 0 Å². The van der Waals surface area contributed by atoms with Crippen LogP contribution in [0.5, 0.6) is 0 Å². The van der Waals surface area contributed by atoms with Crippen molar-refractivity contribution in [3.8, 4) is 0 Å². The summed E-state index contributed by atoms with van der Waals surface area (Å²) in [6.45, 7) is 1.01. The molecule has 0 spiro atoms. The summed E-state index contributed by atoms with van der Waals surface area (Å²) >= 11 is 0. The van der Waals surface area contributed by atoms with Gasteiger partial charge in [-0.1, -0.05) is 6.08 Å². The molecule has 0 heterocycles. The summed E-state index contributed by atoms with van der Waals surface area (Å²) in [7, 11) is 4.09. The topological polar surface area (TPSA) is 20.3 Å². The average molecular weight is 195 g/mol. The number of rotatable bonds is 5. The van der Waals surface area contributed by atoms with E-state index in [0.717, 1.165) is 37.8 Å². The smallest absolute Gasteiger partial charge is 0.158 e. The van der Waals surface area contributed by atoms with Gasteiger partial charge in [-0.3, -0.25) is 4.79 Å². The van der Waals surface area contributed by atoms with Gasteiger partial charge in [0.25, 0.3) is 0 Å². The second kappa shape index (κ2) is 5.97. The molecule has 0 aromatic heterocycles. The molecular weight excluding hydrogens is 174 g/mol. The Kier molecular flexibility index (Phi) is 4.88. The SMILES string of the molecule is CN(C)CCCC(=O)C1=CCCCC1. The van der Waals surface area contributed by atoms with Crippen LogP contribution in [0, 0.1) is 0 Å². The van der Waals surface area contributed by atoms with Gasteiger partial charge in [0.15, 0.2) is 5.78 Å². The zero-order chi connectivity index (χ0) is 10.4. The Balaban J connectivity index is 2.24. The van der Waals surface area contributed by atoms with Crippen LogP contribution in [0.4, 0.5) is 0 Å². The van der Waals surface area contributed by atoms with E-state index >= 15 is 0 Å². The van der Waals surface area contributed by atoms with Gasteiger partial charge in [-0.05, 0) is 58.3 Å². The minimum atomic E-state index is 0.381. The molecule has 0 aliphatic heterocycles. The highest BCUT2D eigenvalue weighted by Gasteiger charge is 2.11. The predicted molar refractivity (Wildman–Crippen MR) is 59.3 cm³/mol. The van der Waals surface area contributed by atoms with Crippen molar-refractivity contribution in [2.24, 2.45) is 0 Å². The molecule has 2 heteroatoms. The number of Topliss-reactive ketones (excluding diaryl/α,β-unsaturated/α-hetero) is 1.